The maximum Gasteiger partial charge on any atom is 0.306 e. The molecule has 7 atom stereocenters. The van der Waals surface area contributed by atoms with Crippen molar-refractivity contribution in [3.8, 4) is 49.1 Å². The number of esters is 1. The number of carbonyl (C=O) groups excluding carboxylic acids is 6. The molecule has 1 fully saturated rings. The predicted molar refractivity (Wildman–Crippen MR) is 349 cm³/mol. The molecule has 2 aromatic carbocycles. The van der Waals surface area contributed by atoms with E-state index in [1.165, 1.54) is 62.9 Å². The number of ketones is 1. The fourth-order valence-corrected chi connectivity index (χ4v) is 16.1. The van der Waals surface area contributed by atoms with Crippen LogP contribution in [0.5, 0.6) is 5.75 Å². The minimum Gasteiger partial charge on any atom is -0.508 e. The van der Waals surface area contributed by atoms with Gasteiger partial charge in [-0.15, -0.1) is 68.0 Å². The second-order valence-corrected chi connectivity index (χ2v) is 28.8. The Bertz CT molecular complexity index is 4130. The van der Waals surface area contributed by atoms with E-state index in [1.807, 2.05) is 56.0 Å². The molecule has 22 nitrogen and oxygen atoms in total. The van der Waals surface area contributed by atoms with Crippen LogP contribution in [0, 0.1) is 12.8 Å². The molecule has 28 heteroatoms. The van der Waals surface area contributed by atoms with Crippen LogP contribution in [0.3, 0.4) is 0 Å². The number of benzene rings is 2. The molecule has 11 rings (SSSR count). The molecule has 1 saturated heterocycles. The molecule has 4 amide bonds. The average molecular weight is 1340 g/mol. The number of ether oxygens (including phenoxy) is 1. The lowest BCUT2D eigenvalue weighted by atomic mass is 9.90. The number of aliphatic hydroxyl groups is 2. The molecule has 0 saturated carbocycles. The van der Waals surface area contributed by atoms with Crippen molar-refractivity contribution in [3.05, 3.63) is 147 Å². The van der Waals surface area contributed by atoms with Gasteiger partial charge in [0.1, 0.15) is 76.6 Å². The topological polar surface area (TPSA) is 328 Å². The minimum atomic E-state index is -1.29. The van der Waals surface area contributed by atoms with E-state index in [1.54, 1.807) is 59.7 Å². The zero-order chi connectivity index (χ0) is 64.3. The van der Waals surface area contributed by atoms with Crippen LogP contribution < -0.4 is 21.7 Å². The number of nitrogens with zero attached hydrogens (tertiary/aromatic N) is 8. The molecule has 0 unspecified atom stereocenters. The van der Waals surface area contributed by atoms with Gasteiger partial charge in [-0.3, -0.25) is 28.8 Å². The van der Waals surface area contributed by atoms with Gasteiger partial charge in [-0.1, -0.05) is 49.4 Å². The highest BCUT2D eigenvalue weighted by Gasteiger charge is 2.45. The van der Waals surface area contributed by atoms with E-state index < -0.39 is 77.2 Å². The lowest BCUT2D eigenvalue weighted by Crippen LogP contribution is -2.50. The van der Waals surface area contributed by atoms with E-state index in [0.717, 1.165) is 34.8 Å². The number of aromatic nitrogens is 7. The molecular weight excluding hydrogens is 1280 g/mol. The molecule has 0 radical (unpaired) electrons. The molecule has 91 heavy (non-hydrogen) atoms. The van der Waals surface area contributed by atoms with Crippen molar-refractivity contribution in [1.82, 2.24) is 55.7 Å². The fourth-order valence-electron chi connectivity index (χ4n) is 10.7. The van der Waals surface area contributed by atoms with E-state index >= 15 is 4.79 Å². The Balaban J connectivity index is 0.957. The number of nitrogens with two attached hydrogens (primary N) is 1. The number of hydrogen-bond acceptors (Lipinski definition) is 24. The molecule has 8 N–H and O–H groups in total. The number of phenols is 1. The van der Waals surface area contributed by atoms with Crippen LogP contribution >= 0.6 is 68.0 Å². The zero-order valence-electron chi connectivity index (χ0n) is 49.9. The van der Waals surface area contributed by atoms with Crippen LogP contribution in [0.4, 0.5) is 0 Å². The standard InChI is InChI=1S/C63H64N12O10S6/c1-31-47(78)25-75-52(31)61-73-45(30-90-61)59-70-42(27-89-59)51-37(18-19-39(67-51)58-66-35(26-86-58)24-65-20-10-9-13-49(80)85-63(3,4)5)56-71-43(28-87-56)54(82)68-40(23-48(64)79)60-74-50(32(2)91-60)46(77)22-38(53(81)34-11-7-6-8-12-34)57-72-44(29-88-57)55(83)69-41(62(75)84)21-33-14-16-36(76)17-15-33/h6-8,11-12,14-19,26-31,38,40-41,47,52-53,65,76,78,81H,9-10,13,20-25H2,1-5H3,(H2,64,79)(H,68,82)(H,69,83)/t31-,38-,40-,41-,47-,52-,53+/m0/s1. The fraction of sp³-hybridized carbons (Fsp3) is 0.349. The zero-order valence-corrected chi connectivity index (χ0v) is 54.8. The summed E-state index contributed by atoms with van der Waals surface area (Å²) in [6.45, 7) is 10.2. The van der Waals surface area contributed by atoms with Crippen molar-refractivity contribution in [1.29, 1.82) is 0 Å². The number of amides is 4. The van der Waals surface area contributed by atoms with Gasteiger partial charge in [0.25, 0.3) is 11.8 Å². The maximum atomic E-state index is 15.2. The lowest BCUT2D eigenvalue weighted by molar-refractivity contribution is -0.155. The molecule has 10 bridgehead atoms. The number of nitrogens with one attached hydrogen (secondary N) is 3. The first-order valence-electron chi connectivity index (χ1n) is 29.2. The number of pyridine rings is 1. The van der Waals surface area contributed by atoms with E-state index in [4.69, 9.17) is 45.4 Å². The Hall–Kier alpha value is -7.93. The summed E-state index contributed by atoms with van der Waals surface area (Å²) in [4.78, 5) is 120. The molecule has 9 heterocycles. The average Bonchev–Trinajstić information content (AvgIpc) is 1.70. The highest BCUT2D eigenvalue weighted by molar-refractivity contribution is 7.15. The quantitative estimate of drug-likeness (QED) is 0.0393. The number of unbranched alkanes of at least 4 members (excludes halogenated alkanes) is 1. The number of primary amides is 1. The van der Waals surface area contributed by atoms with Gasteiger partial charge in [0, 0.05) is 81.5 Å². The summed E-state index contributed by atoms with van der Waals surface area (Å²) >= 11 is 7.39. The van der Waals surface area contributed by atoms with Crippen molar-refractivity contribution in [3.63, 3.8) is 0 Å². The number of carbonyl (C=O) groups is 6. The molecular formula is C63H64N12O10S6. The Kier molecular flexibility index (Phi) is 19.8. The number of thiazole rings is 6. The van der Waals surface area contributed by atoms with Crippen LogP contribution in [0.1, 0.15) is 152 Å². The van der Waals surface area contributed by atoms with Gasteiger partial charge in [0.05, 0.1) is 47.1 Å². The van der Waals surface area contributed by atoms with Crippen LogP contribution in [0.15, 0.2) is 93.6 Å². The first kappa shape index (κ1) is 64.6. The van der Waals surface area contributed by atoms with Gasteiger partial charge in [0.15, 0.2) is 5.78 Å². The van der Waals surface area contributed by atoms with E-state index in [0.29, 0.717) is 90.3 Å². The molecule has 7 aromatic heterocycles. The van der Waals surface area contributed by atoms with Gasteiger partial charge >= 0.3 is 5.97 Å². The van der Waals surface area contributed by atoms with Crippen LogP contribution in [-0.2, 0) is 32.1 Å². The summed E-state index contributed by atoms with van der Waals surface area (Å²) in [6.07, 6.45) is -1.17. The van der Waals surface area contributed by atoms with Gasteiger partial charge in [0.2, 0.25) is 11.8 Å². The van der Waals surface area contributed by atoms with E-state index in [2.05, 4.69) is 16.0 Å². The number of phenolic OH excluding ortho intramolecular Hbond substituents is 1. The molecule has 9 aromatic rings. The number of Topliss-reactive ketones (excluding diaryl/α,β-unsaturated/α-hetero) is 1. The van der Waals surface area contributed by atoms with Crippen LogP contribution in [-0.4, -0.2) is 121 Å². The number of aryl methyl sites for hydroxylation is 1. The number of aromatic hydroxyl groups is 1. The number of fused-ring (bicyclic) bond motifs is 16. The van der Waals surface area contributed by atoms with Crippen molar-refractivity contribution in [2.45, 2.75) is 122 Å². The first-order valence-corrected chi connectivity index (χ1v) is 34.5. The summed E-state index contributed by atoms with van der Waals surface area (Å²) in [5.41, 5.74) is 9.64. The first-order chi connectivity index (χ1) is 43.6. The van der Waals surface area contributed by atoms with Crippen molar-refractivity contribution < 1.29 is 48.8 Å². The lowest BCUT2D eigenvalue weighted by Gasteiger charge is -2.29. The molecule has 0 spiro atoms. The summed E-state index contributed by atoms with van der Waals surface area (Å²) in [5.74, 6) is -4.80. The SMILES string of the molecule is Cc1sc2nc1C(=O)C[C@@H]([C@H](O)c1ccccc1)c1nc(cs1)C(=O)N[C@@H](Cc1ccc(O)cc1)C(=O)N1C[C@H](O)[C@H](C)[C@H]1c1nc(cs1)-c1nc(cs1)-c1nc(-c3nc(CNCCCCC(=O)OC(C)(C)C)cs3)ccc1-c1nc(cs1)C(=O)N[C@H]2CC(N)=O. The number of rotatable bonds is 14. The minimum absolute atomic E-state index is 0.00965. The Morgan fingerprint density at radius 2 is 1.40 bits per heavy atom. The van der Waals surface area contributed by atoms with E-state index in [9.17, 15) is 39.3 Å². The number of hydrogen-bond donors (Lipinski definition) is 7. The third kappa shape index (κ3) is 15.2. The highest BCUT2D eigenvalue weighted by atomic mass is 32.1. The third-order valence-electron chi connectivity index (χ3n) is 15.3. The smallest absolute Gasteiger partial charge is 0.306 e. The molecule has 472 valence electrons. The van der Waals surface area contributed by atoms with Crippen LogP contribution in [0.25, 0.3) is 43.4 Å². The molecule has 0 aliphatic carbocycles. The van der Waals surface area contributed by atoms with Gasteiger partial charge in [-0.2, -0.15) is 0 Å². The summed E-state index contributed by atoms with van der Waals surface area (Å²) in [6, 6.07) is 15.6. The van der Waals surface area contributed by atoms with Gasteiger partial charge in [-0.25, -0.2) is 34.9 Å². The third-order valence-corrected chi connectivity index (χ3v) is 20.9. The molecule has 2 aliphatic heterocycles. The summed E-state index contributed by atoms with van der Waals surface area (Å²) < 4.78 is 5.44. The Labute approximate surface area is 547 Å². The second kappa shape index (κ2) is 27.9. The normalized spacial score (nSPS) is 19.4. The second-order valence-electron chi connectivity index (χ2n) is 23.2. The largest absolute Gasteiger partial charge is 0.508 e. The van der Waals surface area contributed by atoms with Crippen molar-refractivity contribution in [2.75, 3.05) is 13.1 Å². The number of aliphatic hydroxyl groups excluding tert-OH is 2. The maximum absolute atomic E-state index is 15.2. The Morgan fingerprint density at radius 3 is 2.15 bits per heavy atom. The Morgan fingerprint density at radius 1 is 0.736 bits per heavy atom. The van der Waals surface area contributed by atoms with Crippen molar-refractivity contribution in [2.24, 2.45) is 11.7 Å². The summed E-state index contributed by atoms with van der Waals surface area (Å²) in [7, 11) is 0. The predicted octanol–water partition coefficient (Wildman–Crippen LogP) is 9.78. The van der Waals surface area contributed by atoms with Gasteiger partial charge < -0.3 is 46.6 Å². The highest BCUT2D eigenvalue weighted by Crippen LogP contribution is 2.43. The molecule has 2 aliphatic rings. The monoisotopic (exact) mass is 1340 g/mol. The van der Waals surface area contributed by atoms with E-state index in [-0.39, 0.29) is 64.6 Å². The van der Waals surface area contributed by atoms with Crippen molar-refractivity contribution >= 4 is 103 Å². The van der Waals surface area contributed by atoms with Crippen LogP contribution in [0.2, 0.25) is 0 Å². The van der Waals surface area contributed by atoms with Gasteiger partial charge in [-0.05, 0) is 82.5 Å². The summed E-state index contributed by atoms with van der Waals surface area (Å²) in [5, 5.41) is 54.3.